The Morgan fingerprint density at radius 3 is 2.71 bits per heavy atom. The van der Waals surface area contributed by atoms with Crippen molar-refractivity contribution in [2.24, 2.45) is 0 Å². The molecule has 1 amide bonds. The largest absolute Gasteiger partial charge is 0.854 e. The van der Waals surface area contributed by atoms with E-state index in [1.165, 1.54) is 18.7 Å². The van der Waals surface area contributed by atoms with E-state index in [0.29, 0.717) is 22.1 Å². The van der Waals surface area contributed by atoms with Crippen LogP contribution in [0.3, 0.4) is 0 Å². The molecule has 0 saturated carbocycles. The highest BCUT2D eigenvalue weighted by Crippen LogP contribution is 2.40. The van der Waals surface area contributed by atoms with Crippen LogP contribution >= 0.6 is 11.8 Å². The lowest BCUT2D eigenvalue weighted by Crippen LogP contribution is -2.58. The first-order valence-electron chi connectivity index (χ1n) is 9.04. The zero-order valence-corrected chi connectivity index (χ0v) is 16.4. The summed E-state index contributed by atoms with van der Waals surface area (Å²) in [4.78, 5) is 22.6. The van der Waals surface area contributed by atoms with Gasteiger partial charge in [0, 0.05) is 35.7 Å². The first-order valence-corrected chi connectivity index (χ1v) is 10.0. The van der Waals surface area contributed by atoms with Crippen LogP contribution < -0.4 is 14.7 Å². The second kappa shape index (κ2) is 7.55. The van der Waals surface area contributed by atoms with Gasteiger partial charge in [-0.15, -0.1) is 0 Å². The average molecular weight is 393 g/mol. The van der Waals surface area contributed by atoms with Gasteiger partial charge in [-0.1, -0.05) is 35.5 Å². The van der Waals surface area contributed by atoms with Crippen molar-refractivity contribution in [3.05, 3.63) is 54.4 Å². The summed E-state index contributed by atoms with van der Waals surface area (Å²) in [6.45, 7) is 3.58. The van der Waals surface area contributed by atoms with E-state index >= 15 is 0 Å². The molecule has 2 aromatic heterocycles. The molecule has 1 aliphatic heterocycles. The maximum atomic E-state index is 13.0. The van der Waals surface area contributed by atoms with Crippen molar-refractivity contribution in [1.29, 1.82) is 0 Å². The number of fused-ring (bicyclic) bond motifs is 3. The third-order valence-corrected chi connectivity index (χ3v) is 5.54. The molecule has 1 aromatic carbocycles. The minimum absolute atomic E-state index is 0.138. The highest BCUT2D eigenvalue weighted by molar-refractivity contribution is 7.99. The highest BCUT2D eigenvalue weighted by atomic mass is 32.2. The molecule has 0 aliphatic carbocycles. The molecule has 28 heavy (non-hydrogen) atoms. The molecular weight excluding hydrogens is 374 g/mol. The van der Waals surface area contributed by atoms with Crippen molar-refractivity contribution < 1.29 is 14.6 Å². The number of carbonyl (C=O) groups excluding carboxylic acids is 1. The van der Waals surface area contributed by atoms with Crippen LogP contribution in [0.25, 0.3) is 11.3 Å². The van der Waals surface area contributed by atoms with Crippen molar-refractivity contribution in [2.45, 2.75) is 31.6 Å². The van der Waals surface area contributed by atoms with Crippen molar-refractivity contribution in [3.8, 4) is 17.1 Å². The zero-order chi connectivity index (χ0) is 19.7. The average Bonchev–Trinajstić information content (AvgIpc) is 2.71. The van der Waals surface area contributed by atoms with Crippen LogP contribution in [0.5, 0.6) is 5.88 Å². The van der Waals surface area contributed by atoms with E-state index in [0.717, 1.165) is 17.7 Å². The number of thioether (sulfide) groups is 1. The maximum absolute atomic E-state index is 13.0. The number of hydrogen-bond donors (Lipinski definition) is 0. The second-order valence-corrected chi connectivity index (χ2v) is 7.46. The summed E-state index contributed by atoms with van der Waals surface area (Å²) in [7, 11) is 0. The van der Waals surface area contributed by atoms with Gasteiger partial charge in [0.05, 0.1) is 17.1 Å². The Labute approximate surface area is 167 Å². The van der Waals surface area contributed by atoms with Crippen LogP contribution in [0.4, 0.5) is 5.69 Å². The number of hydrogen-bond acceptors (Lipinski definition) is 6. The molecule has 0 fully saturated rings. The van der Waals surface area contributed by atoms with E-state index in [4.69, 9.17) is 0 Å². The standard InChI is InChI=1S/C20H19N5O2S/c1-3-12-28-20-22-18(27)17-15-6-4-5-7-16(15)24(13(2)26)19(25(17)23-20)14-8-10-21-11-9-14/h4-11,19H,3,12H2,1-2H3. The Kier molecular flexibility index (Phi) is 4.95. The maximum Gasteiger partial charge on any atom is 0.293 e. The number of amides is 1. The first kappa shape index (κ1) is 18.4. The molecule has 3 heterocycles. The van der Waals surface area contributed by atoms with Gasteiger partial charge in [-0.05, 0) is 30.7 Å². The quantitative estimate of drug-likeness (QED) is 0.499. The van der Waals surface area contributed by atoms with E-state index in [9.17, 15) is 9.90 Å². The molecule has 0 radical (unpaired) electrons. The number of benzene rings is 1. The monoisotopic (exact) mass is 393 g/mol. The Balaban J connectivity index is 2.01. The predicted octanol–water partition coefficient (Wildman–Crippen LogP) is 2.32. The van der Waals surface area contributed by atoms with Crippen molar-refractivity contribution >= 4 is 23.4 Å². The van der Waals surface area contributed by atoms with Gasteiger partial charge in [0.1, 0.15) is 0 Å². The summed E-state index contributed by atoms with van der Waals surface area (Å²) in [5.41, 5.74) is 2.53. The molecular formula is C20H19N5O2S. The van der Waals surface area contributed by atoms with Gasteiger partial charge >= 0.3 is 0 Å². The summed E-state index contributed by atoms with van der Waals surface area (Å²) < 4.78 is 1.63. The van der Waals surface area contributed by atoms with Crippen LogP contribution in [0, 0.1) is 0 Å². The molecule has 8 heteroatoms. The van der Waals surface area contributed by atoms with Crippen LogP contribution in [0.1, 0.15) is 32.0 Å². The molecule has 4 rings (SSSR count). The summed E-state index contributed by atoms with van der Waals surface area (Å²) in [5, 5.41) is 18.0. The molecule has 1 atom stereocenters. The number of nitrogens with zero attached hydrogens (tertiary/aromatic N) is 5. The number of carbonyl (C=O) groups is 1. The molecule has 1 aliphatic rings. The third kappa shape index (κ3) is 3.09. The number of anilines is 1. The van der Waals surface area contributed by atoms with Crippen molar-refractivity contribution in [1.82, 2.24) is 15.1 Å². The molecule has 142 valence electrons. The SMILES string of the molecule is CCCSc1nc([O-])c2[n+](n1)C(c1ccncc1)N(C(C)=O)c1ccccc1-2. The van der Waals surface area contributed by atoms with Crippen molar-refractivity contribution in [3.63, 3.8) is 0 Å². The Hall–Kier alpha value is -3.00. The van der Waals surface area contributed by atoms with Crippen molar-refractivity contribution in [2.75, 3.05) is 10.7 Å². The van der Waals surface area contributed by atoms with E-state index in [1.807, 2.05) is 36.4 Å². The predicted molar refractivity (Wildman–Crippen MR) is 104 cm³/mol. The van der Waals surface area contributed by atoms with Crippen LogP contribution in [0.2, 0.25) is 0 Å². The fraction of sp³-hybridized carbons (Fsp3) is 0.250. The molecule has 7 nitrogen and oxygen atoms in total. The van der Waals surface area contributed by atoms with E-state index in [-0.39, 0.29) is 11.8 Å². The number of para-hydroxylation sites is 1. The third-order valence-electron chi connectivity index (χ3n) is 4.50. The van der Waals surface area contributed by atoms with Gasteiger partial charge in [0.2, 0.25) is 5.91 Å². The lowest BCUT2D eigenvalue weighted by molar-refractivity contribution is -0.764. The first-order chi connectivity index (χ1) is 13.6. The molecule has 0 N–H and O–H groups in total. The normalized spacial score (nSPS) is 15.1. The number of pyridine rings is 1. The zero-order valence-electron chi connectivity index (χ0n) is 15.6. The summed E-state index contributed by atoms with van der Waals surface area (Å²) in [5.74, 6) is 0.329. The van der Waals surface area contributed by atoms with Crippen LogP contribution in [0.15, 0.2) is 53.9 Å². The molecule has 0 bridgehead atoms. The Morgan fingerprint density at radius 2 is 2.00 bits per heavy atom. The van der Waals surface area contributed by atoms with Crippen LogP contribution in [-0.2, 0) is 4.79 Å². The minimum atomic E-state index is -0.581. The van der Waals surface area contributed by atoms with E-state index in [1.54, 1.807) is 22.0 Å². The Morgan fingerprint density at radius 1 is 1.25 bits per heavy atom. The molecule has 1 unspecified atom stereocenters. The van der Waals surface area contributed by atoms with Gasteiger partial charge in [0.15, 0.2) is 0 Å². The lowest BCUT2D eigenvalue weighted by atomic mass is 10.0. The fourth-order valence-electron chi connectivity index (χ4n) is 3.37. The highest BCUT2D eigenvalue weighted by Gasteiger charge is 2.43. The molecule has 3 aromatic rings. The number of rotatable bonds is 4. The van der Waals surface area contributed by atoms with E-state index < -0.39 is 6.17 Å². The lowest BCUT2D eigenvalue weighted by Gasteiger charge is -2.32. The van der Waals surface area contributed by atoms with Gasteiger partial charge in [0.25, 0.3) is 17.0 Å². The van der Waals surface area contributed by atoms with Gasteiger partial charge in [-0.25, -0.2) is 9.88 Å². The summed E-state index contributed by atoms with van der Waals surface area (Å²) >= 11 is 1.44. The molecule has 0 saturated heterocycles. The topological polar surface area (TPSA) is 85.9 Å². The van der Waals surface area contributed by atoms with E-state index in [2.05, 4.69) is 22.0 Å². The second-order valence-electron chi connectivity index (χ2n) is 6.40. The van der Waals surface area contributed by atoms with Gasteiger partial charge in [-0.2, -0.15) is 0 Å². The smallest absolute Gasteiger partial charge is 0.293 e. The van der Waals surface area contributed by atoms with Gasteiger partial charge < -0.3 is 5.11 Å². The van der Waals surface area contributed by atoms with Gasteiger partial charge in [-0.3, -0.25) is 9.78 Å². The number of aromatic nitrogens is 4. The summed E-state index contributed by atoms with van der Waals surface area (Å²) in [6.07, 6.45) is 3.70. The summed E-state index contributed by atoms with van der Waals surface area (Å²) in [6, 6.07) is 11.0. The Bertz CT molecular complexity index is 1030. The fourth-order valence-corrected chi connectivity index (χ4v) is 4.05. The van der Waals surface area contributed by atoms with Crippen LogP contribution in [-0.4, -0.2) is 26.7 Å². The minimum Gasteiger partial charge on any atom is -0.854 e. The molecule has 0 spiro atoms.